The van der Waals surface area contributed by atoms with Crippen molar-refractivity contribution in [3.8, 4) is 0 Å². The van der Waals surface area contributed by atoms with Gasteiger partial charge in [-0.3, -0.25) is 0 Å². The first-order valence-corrected chi connectivity index (χ1v) is 7.15. The zero-order valence-electron chi connectivity index (χ0n) is 12.7. The molecule has 0 aliphatic rings. The summed E-state index contributed by atoms with van der Waals surface area (Å²) in [6, 6.07) is 0. The van der Waals surface area contributed by atoms with Crippen LogP contribution in [-0.2, 0) is 4.79 Å². The van der Waals surface area contributed by atoms with Gasteiger partial charge in [0, 0.05) is 6.42 Å². The van der Waals surface area contributed by atoms with Gasteiger partial charge in [0.25, 0.3) is 0 Å². The van der Waals surface area contributed by atoms with Crippen LogP contribution in [0.25, 0.3) is 0 Å². The van der Waals surface area contributed by atoms with Crippen molar-refractivity contribution in [3.63, 3.8) is 0 Å². The van der Waals surface area contributed by atoms with Gasteiger partial charge < -0.3 is 25.2 Å². The molecule has 0 aromatic carbocycles. The summed E-state index contributed by atoms with van der Waals surface area (Å²) in [6.45, 7) is 2.25. The molecular weight excluding hydrogens is 280 g/mol. The molecule has 0 heterocycles. The van der Waals surface area contributed by atoms with Crippen molar-refractivity contribution in [3.05, 3.63) is 0 Å². The molecule has 0 aromatic heterocycles. The fourth-order valence-electron chi connectivity index (χ4n) is 1.54. The summed E-state index contributed by atoms with van der Waals surface area (Å²) in [7, 11) is 0. The SMILES string of the molecule is CCCCCCCCCCCC=O.O=C(O)O.O=C(O)O. The fourth-order valence-corrected chi connectivity index (χ4v) is 1.54. The van der Waals surface area contributed by atoms with E-state index in [-0.39, 0.29) is 0 Å². The second-order valence-corrected chi connectivity index (χ2v) is 4.35. The van der Waals surface area contributed by atoms with E-state index in [4.69, 9.17) is 30.0 Å². The van der Waals surface area contributed by atoms with E-state index in [1.54, 1.807) is 0 Å². The molecule has 0 rings (SSSR count). The molecule has 0 bridgehead atoms. The molecule has 0 saturated carbocycles. The maximum atomic E-state index is 10.0. The molecule has 7 nitrogen and oxygen atoms in total. The summed E-state index contributed by atoms with van der Waals surface area (Å²) in [5.74, 6) is 0. The Balaban J connectivity index is -0.000000334. The molecule has 0 spiro atoms. The quantitative estimate of drug-likeness (QED) is 0.343. The standard InChI is InChI=1S/C12H24O.2CH2O3/c1-2-3-4-5-6-7-8-9-10-11-12-13;2*2-1(3)4/h12H,2-11H2,1H3;2*(H2,2,3,4). The second kappa shape index (κ2) is 23.3. The largest absolute Gasteiger partial charge is 0.503 e. The van der Waals surface area contributed by atoms with Crippen LogP contribution >= 0.6 is 0 Å². The van der Waals surface area contributed by atoms with Crippen molar-refractivity contribution in [1.29, 1.82) is 0 Å². The lowest BCUT2D eigenvalue weighted by molar-refractivity contribution is -0.107. The molecule has 0 fully saturated rings. The number of carbonyl (C=O) groups is 3. The van der Waals surface area contributed by atoms with Crippen LogP contribution in [0.15, 0.2) is 0 Å². The van der Waals surface area contributed by atoms with Crippen LogP contribution < -0.4 is 0 Å². The Hall–Kier alpha value is -1.79. The Morgan fingerprint density at radius 2 is 1.00 bits per heavy atom. The van der Waals surface area contributed by atoms with Crippen LogP contribution in [0.4, 0.5) is 9.59 Å². The molecule has 4 N–H and O–H groups in total. The van der Waals surface area contributed by atoms with E-state index in [9.17, 15) is 4.79 Å². The Bertz CT molecular complexity index is 221. The van der Waals surface area contributed by atoms with Gasteiger partial charge >= 0.3 is 12.3 Å². The summed E-state index contributed by atoms with van der Waals surface area (Å²) >= 11 is 0. The molecule has 126 valence electrons. The van der Waals surface area contributed by atoms with Crippen molar-refractivity contribution in [2.45, 2.75) is 71.1 Å². The van der Waals surface area contributed by atoms with Gasteiger partial charge in [-0.15, -0.1) is 0 Å². The maximum Gasteiger partial charge on any atom is 0.503 e. The lowest BCUT2D eigenvalue weighted by Crippen LogP contribution is -1.81. The zero-order chi connectivity index (χ0) is 16.9. The molecule has 0 unspecified atom stereocenters. The highest BCUT2D eigenvalue weighted by atomic mass is 16.6. The summed E-state index contributed by atoms with van der Waals surface area (Å²) < 4.78 is 0. The Labute approximate surface area is 125 Å². The van der Waals surface area contributed by atoms with Crippen molar-refractivity contribution in [1.82, 2.24) is 0 Å². The number of unbranched alkanes of at least 4 members (excludes halogenated alkanes) is 9. The van der Waals surface area contributed by atoms with E-state index < -0.39 is 12.3 Å². The lowest BCUT2D eigenvalue weighted by atomic mass is 10.1. The van der Waals surface area contributed by atoms with Crippen molar-refractivity contribution in [2.24, 2.45) is 0 Å². The van der Waals surface area contributed by atoms with Crippen LogP contribution in [0.3, 0.4) is 0 Å². The van der Waals surface area contributed by atoms with Gasteiger partial charge in [0.1, 0.15) is 6.29 Å². The van der Waals surface area contributed by atoms with Gasteiger partial charge in [-0.25, -0.2) is 9.59 Å². The Morgan fingerprint density at radius 1 is 0.714 bits per heavy atom. The summed E-state index contributed by atoms with van der Waals surface area (Å²) in [6.07, 6.45) is 10.1. The second-order valence-electron chi connectivity index (χ2n) is 4.35. The van der Waals surface area contributed by atoms with E-state index in [0.29, 0.717) is 0 Å². The number of rotatable bonds is 10. The van der Waals surface area contributed by atoms with Crippen LogP contribution in [0.5, 0.6) is 0 Å². The Kier molecular flexibility index (Phi) is 26.9. The summed E-state index contributed by atoms with van der Waals surface area (Å²) in [4.78, 5) is 27.1. The first-order valence-electron chi connectivity index (χ1n) is 7.15. The van der Waals surface area contributed by atoms with Gasteiger partial charge in [-0.1, -0.05) is 58.3 Å². The molecule has 0 radical (unpaired) electrons. The van der Waals surface area contributed by atoms with Crippen LogP contribution in [-0.4, -0.2) is 39.0 Å². The average molecular weight is 308 g/mol. The normalized spacial score (nSPS) is 8.62. The summed E-state index contributed by atoms with van der Waals surface area (Å²) in [5, 5.41) is 27.9. The lowest BCUT2D eigenvalue weighted by Gasteiger charge is -1.99. The highest BCUT2D eigenvalue weighted by Crippen LogP contribution is 2.09. The monoisotopic (exact) mass is 308 g/mol. The fraction of sp³-hybridized carbons (Fsp3) is 0.786. The van der Waals surface area contributed by atoms with Gasteiger partial charge in [-0.2, -0.15) is 0 Å². The van der Waals surface area contributed by atoms with Gasteiger partial charge in [-0.05, 0) is 6.42 Å². The minimum atomic E-state index is -1.83. The first-order chi connectivity index (χ1) is 9.88. The van der Waals surface area contributed by atoms with Gasteiger partial charge in [0.15, 0.2) is 0 Å². The van der Waals surface area contributed by atoms with E-state index >= 15 is 0 Å². The highest BCUT2D eigenvalue weighted by molar-refractivity contribution is 5.53. The topological polar surface area (TPSA) is 132 Å². The minimum absolute atomic E-state index is 0.760. The van der Waals surface area contributed by atoms with Crippen LogP contribution in [0.1, 0.15) is 71.1 Å². The predicted octanol–water partition coefficient (Wildman–Crippen LogP) is 4.55. The maximum absolute atomic E-state index is 10.0. The smallest absolute Gasteiger partial charge is 0.450 e. The van der Waals surface area contributed by atoms with Gasteiger partial charge in [0.2, 0.25) is 0 Å². The number of aldehydes is 1. The van der Waals surface area contributed by atoms with E-state index in [1.807, 2.05) is 0 Å². The van der Waals surface area contributed by atoms with Crippen molar-refractivity contribution >= 4 is 18.6 Å². The van der Waals surface area contributed by atoms with Crippen LogP contribution in [0.2, 0.25) is 0 Å². The van der Waals surface area contributed by atoms with Crippen molar-refractivity contribution < 1.29 is 34.8 Å². The Morgan fingerprint density at radius 3 is 1.29 bits per heavy atom. The molecule has 0 saturated heterocycles. The average Bonchev–Trinajstić information content (AvgIpc) is 2.35. The number of hydrogen-bond acceptors (Lipinski definition) is 3. The summed E-state index contributed by atoms with van der Waals surface area (Å²) in [5.41, 5.74) is 0. The molecule has 0 aromatic rings. The molecule has 7 heteroatoms. The third kappa shape index (κ3) is 71.0. The van der Waals surface area contributed by atoms with E-state index in [1.165, 1.54) is 51.4 Å². The highest BCUT2D eigenvalue weighted by Gasteiger charge is 1.91. The number of hydrogen-bond donors (Lipinski definition) is 4. The molecular formula is C14H28O7. The molecule has 0 atom stereocenters. The molecule has 0 amide bonds. The third-order valence-corrected chi connectivity index (χ3v) is 2.43. The third-order valence-electron chi connectivity index (χ3n) is 2.43. The number of carbonyl (C=O) groups excluding carboxylic acids is 1. The van der Waals surface area contributed by atoms with Gasteiger partial charge in [0.05, 0.1) is 0 Å². The predicted molar refractivity (Wildman–Crippen MR) is 79.2 cm³/mol. The minimum Gasteiger partial charge on any atom is -0.450 e. The molecule has 0 aliphatic heterocycles. The van der Waals surface area contributed by atoms with E-state index in [0.717, 1.165) is 19.1 Å². The zero-order valence-corrected chi connectivity index (χ0v) is 12.7. The van der Waals surface area contributed by atoms with Crippen LogP contribution in [0, 0.1) is 0 Å². The van der Waals surface area contributed by atoms with E-state index in [2.05, 4.69) is 6.92 Å². The van der Waals surface area contributed by atoms with Crippen molar-refractivity contribution in [2.75, 3.05) is 0 Å². The number of carboxylic acid groups (broad SMARTS) is 4. The molecule has 0 aliphatic carbocycles. The molecule has 21 heavy (non-hydrogen) atoms. The first kappa shape index (κ1) is 24.2.